The number of ether oxygens (including phenoxy) is 2. The van der Waals surface area contributed by atoms with Gasteiger partial charge in [-0.3, -0.25) is 9.59 Å². The number of piperazine rings is 1. The first-order valence-corrected chi connectivity index (χ1v) is 10.4. The highest BCUT2D eigenvalue weighted by molar-refractivity contribution is 5.93. The van der Waals surface area contributed by atoms with E-state index in [2.05, 4.69) is 16.5 Å². The van der Waals surface area contributed by atoms with Crippen molar-refractivity contribution in [3.8, 4) is 23.1 Å². The monoisotopic (exact) mass is 443 g/mol. The van der Waals surface area contributed by atoms with E-state index in [9.17, 15) is 9.59 Å². The van der Waals surface area contributed by atoms with Crippen molar-refractivity contribution in [2.45, 2.75) is 12.1 Å². The molecule has 0 spiro atoms. The lowest BCUT2D eigenvalue weighted by molar-refractivity contribution is -0.138. The summed E-state index contributed by atoms with van der Waals surface area (Å²) in [5, 5.41) is 0. The van der Waals surface area contributed by atoms with Crippen LogP contribution < -0.4 is 20.1 Å². The molecule has 1 aromatic heterocycles. The lowest BCUT2D eigenvalue weighted by atomic mass is 9.85. The van der Waals surface area contributed by atoms with E-state index in [1.807, 2.05) is 35.2 Å². The Hall–Kier alpha value is -4.40. The van der Waals surface area contributed by atoms with Crippen molar-refractivity contribution >= 4 is 17.6 Å². The first kappa shape index (κ1) is 20.5. The van der Waals surface area contributed by atoms with E-state index in [1.165, 1.54) is 12.3 Å². The summed E-state index contributed by atoms with van der Waals surface area (Å²) in [6, 6.07) is 16.6. The minimum Gasteiger partial charge on any atom is -0.457 e. The number of rotatable bonds is 7. The van der Waals surface area contributed by atoms with Gasteiger partial charge >= 0.3 is 0 Å². The molecule has 2 amide bonds. The Labute approximate surface area is 190 Å². The van der Waals surface area contributed by atoms with E-state index in [-0.39, 0.29) is 29.6 Å². The zero-order valence-electron chi connectivity index (χ0n) is 17.6. The molecule has 2 aliphatic rings. The van der Waals surface area contributed by atoms with Crippen LogP contribution in [0.4, 0.5) is 5.82 Å². The Morgan fingerprint density at radius 2 is 1.64 bits per heavy atom. The number of hydrogen-bond donors (Lipinski definition) is 1. The molecule has 2 saturated heterocycles. The summed E-state index contributed by atoms with van der Waals surface area (Å²) in [5.74, 6) is 1.59. The maximum absolute atomic E-state index is 11.9. The van der Waals surface area contributed by atoms with Gasteiger partial charge < -0.3 is 25.0 Å². The first-order valence-electron chi connectivity index (χ1n) is 10.4. The number of likely N-dealkylation sites (tertiary alicyclic amines) is 1. The van der Waals surface area contributed by atoms with Crippen molar-refractivity contribution in [3.05, 3.63) is 79.1 Å². The molecule has 0 aliphatic carbocycles. The minimum absolute atomic E-state index is 0.0264. The third-order valence-corrected chi connectivity index (χ3v) is 5.74. The summed E-state index contributed by atoms with van der Waals surface area (Å²) >= 11 is 0. The van der Waals surface area contributed by atoms with E-state index < -0.39 is 5.91 Å². The molecule has 3 aromatic rings. The van der Waals surface area contributed by atoms with Crippen LogP contribution in [0.5, 0.6) is 23.1 Å². The third-order valence-electron chi connectivity index (χ3n) is 5.74. The summed E-state index contributed by atoms with van der Waals surface area (Å²) in [6.45, 7) is 4.75. The standard InChI is InChI=1S/C24H21N5O4/c1-2-21(30)29-14-18-19(29)13-28(18)20-12-26-22(23(25)31)24(27-20)33-17-10-8-16(9-11-17)32-15-6-4-3-5-7-15/h2-12,18-19H,1,13-14H2,(H2,25,31)/t18?,19-/m1/s1. The number of carbonyl (C=O) groups excluding carboxylic acids is 2. The Bertz CT molecular complexity index is 1220. The summed E-state index contributed by atoms with van der Waals surface area (Å²) in [5.41, 5.74) is 5.41. The molecule has 2 fully saturated rings. The highest BCUT2D eigenvalue weighted by Crippen LogP contribution is 2.37. The topological polar surface area (TPSA) is 111 Å². The Kier molecular flexibility index (Phi) is 5.14. The second kappa shape index (κ2) is 8.27. The van der Waals surface area contributed by atoms with Gasteiger partial charge in [-0.25, -0.2) is 4.98 Å². The molecular weight excluding hydrogens is 422 g/mol. The van der Waals surface area contributed by atoms with E-state index in [1.54, 1.807) is 29.2 Å². The predicted molar refractivity (Wildman–Crippen MR) is 120 cm³/mol. The molecule has 2 atom stereocenters. The van der Waals surface area contributed by atoms with Gasteiger partial charge in [0.1, 0.15) is 17.2 Å². The molecule has 166 valence electrons. The van der Waals surface area contributed by atoms with Crippen LogP contribution in [-0.2, 0) is 4.79 Å². The number of aromatic nitrogens is 2. The van der Waals surface area contributed by atoms with Crippen molar-refractivity contribution in [3.63, 3.8) is 0 Å². The number of hydrogen-bond acceptors (Lipinski definition) is 7. The fourth-order valence-electron chi connectivity index (χ4n) is 3.94. The van der Waals surface area contributed by atoms with Crippen LogP contribution >= 0.6 is 0 Å². The average molecular weight is 443 g/mol. The molecule has 2 aromatic carbocycles. The molecule has 3 heterocycles. The Balaban J connectivity index is 1.31. The fraction of sp³-hybridized carbons (Fsp3) is 0.167. The van der Waals surface area contributed by atoms with E-state index in [0.29, 0.717) is 30.4 Å². The zero-order chi connectivity index (χ0) is 22.9. The maximum Gasteiger partial charge on any atom is 0.272 e. The number of anilines is 1. The van der Waals surface area contributed by atoms with Gasteiger partial charge in [-0.15, -0.1) is 0 Å². The summed E-state index contributed by atoms with van der Waals surface area (Å²) in [6.07, 6.45) is 2.82. The minimum atomic E-state index is -0.735. The zero-order valence-corrected chi connectivity index (χ0v) is 17.6. The van der Waals surface area contributed by atoms with Crippen LogP contribution in [0.2, 0.25) is 0 Å². The van der Waals surface area contributed by atoms with Crippen molar-refractivity contribution in [2.75, 3.05) is 18.0 Å². The molecule has 0 saturated carbocycles. The summed E-state index contributed by atoms with van der Waals surface area (Å²) < 4.78 is 11.6. The van der Waals surface area contributed by atoms with E-state index in [4.69, 9.17) is 15.2 Å². The van der Waals surface area contributed by atoms with Crippen molar-refractivity contribution in [1.29, 1.82) is 0 Å². The molecule has 0 radical (unpaired) electrons. The second-order valence-electron chi connectivity index (χ2n) is 7.72. The Morgan fingerprint density at radius 1 is 0.970 bits per heavy atom. The number of primary amides is 1. The van der Waals surface area contributed by atoms with Crippen LogP contribution in [0.25, 0.3) is 0 Å². The van der Waals surface area contributed by atoms with Gasteiger partial charge in [0, 0.05) is 13.1 Å². The van der Waals surface area contributed by atoms with Gasteiger partial charge in [0.2, 0.25) is 5.91 Å². The van der Waals surface area contributed by atoms with E-state index in [0.717, 1.165) is 5.75 Å². The van der Waals surface area contributed by atoms with Gasteiger partial charge in [-0.1, -0.05) is 24.8 Å². The molecule has 5 rings (SSSR count). The molecule has 1 unspecified atom stereocenters. The number of fused-ring (bicyclic) bond motifs is 1. The Morgan fingerprint density at radius 3 is 2.24 bits per heavy atom. The number of carbonyl (C=O) groups is 2. The highest BCUT2D eigenvalue weighted by Gasteiger charge is 2.53. The second-order valence-corrected chi connectivity index (χ2v) is 7.72. The average Bonchev–Trinajstić information content (AvgIpc) is 2.81. The van der Waals surface area contributed by atoms with Crippen LogP contribution in [0.3, 0.4) is 0 Å². The highest BCUT2D eigenvalue weighted by atomic mass is 16.5. The van der Waals surface area contributed by atoms with Crippen LogP contribution in [-0.4, -0.2) is 51.9 Å². The van der Waals surface area contributed by atoms with Crippen LogP contribution in [0, 0.1) is 0 Å². The van der Waals surface area contributed by atoms with Gasteiger partial charge in [-0.05, 0) is 42.5 Å². The first-order chi connectivity index (χ1) is 16.0. The lowest BCUT2D eigenvalue weighted by Gasteiger charge is -2.61. The SMILES string of the molecule is C=CC(=O)N1CC2[C@H]1CN2c1cnc(C(N)=O)c(Oc2ccc(Oc3ccccc3)cc2)n1. The molecule has 0 bridgehead atoms. The molecule has 9 nitrogen and oxygen atoms in total. The van der Waals surface area contributed by atoms with Crippen molar-refractivity contribution in [2.24, 2.45) is 5.73 Å². The number of nitrogens with two attached hydrogens (primary N) is 1. The number of nitrogens with zero attached hydrogens (tertiary/aromatic N) is 4. The smallest absolute Gasteiger partial charge is 0.272 e. The van der Waals surface area contributed by atoms with Crippen LogP contribution in [0.15, 0.2) is 73.4 Å². The van der Waals surface area contributed by atoms with Crippen LogP contribution in [0.1, 0.15) is 10.5 Å². The normalized spacial score (nSPS) is 18.4. The number of benzene rings is 2. The quantitative estimate of drug-likeness (QED) is 0.559. The lowest BCUT2D eigenvalue weighted by Crippen LogP contribution is -2.80. The third kappa shape index (κ3) is 3.84. The number of para-hydroxylation sites is 1. The van der Waals surface area contributed by atoms with Gasteiger partial charge in [0.25, 0.3) is 11.8 Å². The van der Waals surface area contributed by atoms with Gasteiger partial charge in [0.15, 0.2) is 11.5 Å². The molecule has 33 heavy (non-hydrogen) atoms. The van der Waals surface area contributed by atoms with E-state index >= 15 is 0 Å². The van der Waals surface area contributed by atoms with Crippen molar-refractivity contribution < 1.29 is 19.1 Å². The van der Waals surface area contributed by atoms with Crippen molar-refractivity contribution in [1.82, 2.24) is 14.9 Å². The van der Waals surface area contributed by atoms with Gasteiger partial charge in [0.05, 0.1) is 18.3 Å². The molecule has 2 N–H and O–H groups in total. The van der Waals surface area contributed by atoms with Gasteiger partial charge in [-0.2, -0.15) is 4.98 Å². The summed E-state index contributed by atoms with van der Waals surface area (Å²) in [4.78, 5) is 36.2. The largest absolute Gasteiger partial charge is 0.457 e. The molecule has 9 heteroatoms. The summed E-state index contributed by atoms with van der Waals surface area (Å²) in [7, 11) is 0. The molecule has 2 aliphatic heterocycles. The molecular formula is C24H21N5O4. The predicted octanol–water partition coefficient (Wildman–Crippen LogP) is 2.75. The maximum atomic E-state index is 11.9. The number of amides is 2. The fourth-order valence-corrected chi connectivity index (χ4v) is 3.94.